The van der Waals surface area contributed by atoms with Gasteiger partial charge >= 0.3 is 6.18 Å². The van der Waals surface area contributed by atoms with E-state index in [0.29, 0.717) is 36.1 Å². The number of carbonyl (C=O) groups is 2. The van der Waals surface area contributed by atoms with E-state index in [2.05, 4.69) is 5.32 Å². The second-order valence-electron chi connectivity index (χ2n) is 10.3. The number of halogens is 3. The molecule has 0 bridgehead atoms. The van der Waals surface area contributed by atoms with Gasteiger partial charge < -0.3 is 15.0 Å². The summed E-state index contributed by atoms with van der Waals surface area (Å²) in [4.78, 5) is 27.9. The van der Waals surface area contributed by atoms with E-state index in [1.54, 1.807) is 54.4 Å². The maximum absolute atomic E-state index is 13.3. The molecule has 8 nitrogen and oxygen atoms in total. The molecule has 0 radical (unpaired) electrons. The summed E-state index contributed by atoms with van der Waals surface area (Å²) in [5.74, 6) is -1.24. The number of alkyl halides is 3. The van der Waals surface area contributed by atoms with Crippen LogP contribution in [0.2, 0.25) is 0 Å². The third kappa shape index (κ3) is 8.10. The largest absolute Gasteiger partial charge is 0.484 e. The normalized spacial score (nSPS) is 17.1. The minimum atomic E-state index is -4.43. The Morgan fingerprint density at radius 2 is 1.57 bits per heavy atom. The molecular weight excluding hydrogens is 571 g/mol. The van der Waals surface area contributed by atoms with Crippen LogP contribution in [0, 0.1) is 11.8 Å². The van der Waals surface area contributed by atoms with Crippen molar-refractivity contribution in [1.82, 2.24) is 10.2 Å². The molecule has 2 atom stereocenters. The maximum Gasteiger partial charge on any atom is 0.422 e. The second kappa shape index (κ2) is 13.0. The highest BCUT2D eigenvalue weighted by molar-refractivity contribution is 7.89. The van der Waals surface area contributed by atoms with Crippen molar-refractivity contribution in [2.75, 3.05) is 13.7 Å². The molecular formula is C30H32F3N3O5S. The fourth-order valence-electron chi connectivity index (χ4n) is 5.14. The van der Waals surface area contributed by atoms with Gasteiger partial charge in [0.2, 0.25) is 21.8 Å². The molecule has 2 amide bonds. The number of nitrogens with two attached hydrogens (primary N) is 1. The molecule has 2 unspecified atom stereocenters. The highest BCUT2D eigenvalue weighted by Crippen LogP contribution is 2.34. The zero-order chi connectivity index (χ0) is 30.5. The van der Waals surface area contributed by atoms with Gasteiger partial charge in [-0.2, -0.15) is 13.2 Å². The molecule has 0 saturated heterocycles. The first-order chi connectivity index (χ1) is 19.8. The number of sulfonamides is 1. The lowest BCUT2D eigenvalue weighted by Crippen LogP contribution is -2.40. The van der Waals surface area contributed by atoms with Crippen LogP contribution < -0.4 is 15.2 Å². The molecule has 1 aliphatic rings. The highest BCUT2D eigenvalue weighted by Gasteiger charge is 2.39. The molecule has 1 aliphatic carbocycles. The predicted molar refractivity (Wildman–Crippen MR) is 150 cm³/mol. The van der Waals surface area contributed by atoms with Gasteiger partial charge in [0.1, 0.15) is 5.75 Å². The van der Waals surface area contributed by atoms with Crippen LogP contribution in [0.15, 0.2) is 77.7 Å². The Kier molecular flexibility index (Phi) is 9.57. The Balaban J connectivity index is 1.33. The smallest absolute Gasteiger partial charge is 0.422 e. The van der Waals surface area contributed by atoms with Crippen molar-refractivity contribution >= 4 is 21.8 Å². The Morgan fingerprint density at radius 3 is 2.21 bits per heavy atom. The monoisotopic (exact) mass is 603 g/mol. The Hall–Kier alpha value is -3.90. The topological polar surface area (TPSA) is 119 Å². The van der Waals surface area contributed by atoms with E-state index >= 15 is 0 Å². The van der Waals surface area contributed by atoms with Crippen molar-refractivity contribution in [1.29, 1.82) is 0 Å². The van der Waals surface area contributed by atoms with Gasteiger partial charge in [0.05, 0.1) is 4.90 Å². The lowest BCUT2D eigenvalue weighted by Gasteiger charge is -2.25. The van der Waals surface area contributed by atoms with Gasteiger partial charge in [-0.1, -0.05) is 61.0 Å². The van der Waals surface area contributed by atoms with Crippen LogP contribution in [0.25, 0.3) is 11.1 Å². The third-order valence-corrected chi connectivity index (χ3v) is 8.19. The summed E-state index contributed by atoms with van der Waals surface area (Å²) in [6.45, 7) is -0.897. The molecule has 0 aromatic heterocycles. The van der Waals surface area contributed by atoms with Crippen molar-refractivity contribution in [3.63, 3.8) is 0 Å². The van der Waals surface area contributed by atoms with Crippen molar-refractivity contribution in [3.05, 3.63) is 83.9 Å². The van der Waals surface area contributed by atoms with E-state index in [-0.39, 0.29) is 29.0 Å². The van der Waals surface area contributed by atoms with Crippen molar-refractivity contribution < 1.29 is 35.9 Å². The van der Waals surface area contributed by atoms with Crippen LogP contribution in [-0.4, -0.2) is 45.0 Å². The van der Waals surface area contributed by atoms with Gasteiger partial charge in [0.15, 0.2) is 6.61 Å². The van der Waals surface area contributed by atoms with Crippen molar-refractivity contribution in [2.24, 2.45) is 17.0 Å². The van der Waals surface area contributed by atoms with Gasteiger partial charge in [-0.3, -0.25) is 9.59 Å². The molecule has 0 spiro atoms. The van der Waals surface area contributed by atoms with Crippen LogP contribution in [0.3, 0.4) is 0 Å². The Morgan fingerprint density at radius 1 is 0.952 bits per heavy atom. The molecule has 1 saturated carbocycles. The molecule has 224 valence electrons. The first-order valence-corrected chi connectivity index (χ1v) is 14.9. The van der Waals surface area contributed by atoms with Gasteiger partial charge in [-0.05, 0) is 47.7 Å². The number of primary sulfonamides is 1. The fourth-order valence-corrected chi connectivity index (χ4v) is 5.90. The minimum Gasteiger partial charge on any atom is -0.484 e. The standard InChI is InChI=1S/C30H32F3N3O5S/c1-36(18-21-9-13-22(14-10-21)24-5-2-3-8-27(24)42(34,39)40)29(38)26-7-4-6-25(26)28(37)35-17-20-11-15-23(16-12-20)41-19-30(31,32)33/h2-3,5,8-16,25-26H,4,6-7,17-19H2,1H3,(H,35,37)(H2,34,39,40). The molecule has 0 aliphatic heterocycles. The Bertz CT molecular complexity index is 1510. The number of nitrogens with one attached hydrogen (secondary N) is 1. The van der Waals surface area contributed by atoms with E-state index < -0.39 is 34.6 Å². The molecule has 3 aromatic carbocycles. The van der Waals surface area contributed by atoms with Gasteiger partial charge in [-0.15, -0.1) is 0 Å². The summed E-state index contributed by atoms with van der Waals surface area (Å²) in [7, 11) is -2.21. The average Bonchev–Trinajstić information content (AvgIpc) is 3.45. The van der Waals surface area contributed by atoms with E-state index in [9.17, 15) is 31.2 Å². The molecule has 3 N–H and O–H groups in total. The summed E-state index contributed by atoms with van der Waals surface area (Å²) in [5, 5.41) is 8.20. The summed E-state index contributed by atoms with van der Waals surface area (Å²) in [6, 6.07) is 19.6. The van der Waals surface area contributed by atoms with E-state index in [4.69, 9.17) is 9.88 Å². The predicted octanol–water partition coefficient (Wildman–Crippen LogP) is 4.63. The lowest BCUT2D eigenvalue weighted by molar-refractivity contribution is -0.153. The van der Waals surface area contributed by atoms with Crippen molar-refractivity contribution in [2.45, 2.75) is 43.4 Å². The quantitative estimate of drug-likeness (QED) is 0.350. The van der Waals surface area contributed by atoms with Crippen LogP contribution in [0.4, 0.5) is 13.2 Å². The van der Waals surface area contributed by atoms with Crippen LogP contribution in [0.5, 0.6) is 5.75 Å². The summed E-state index contributed by atoms with van der Waals surface area (Å²) < 4.78 is 65.6. The highest BCUT2D eigenvalue weighted by atomic mass is 32.2. The minimum absolute atomic E-state index is 0.0302. The molecule has 0 heterocycles. The third-order valence-electron chi connectivity index (χ3n) is 7.22. The summed E-state index contributed by atoms with van der Waals surface area (Å²) in [5.41, 5.74) is 2.69. The van der Waals surface area contributed by atoms with E-state index in [0.717, 1.165) is 12.0 Å². The number of hydrogen-bond acceptors (Lipinski definition) is 5. The van der Waals surface area contributed by atoms with E-state index in [1.807, 2.05) is 12.1 Å². The number of benzene rings is 3. The molecule has 12 heteroatoms. The van der Waals surface area contributed by atoms with Crippen molar-refractivity contribution in [3.8, 4) is 16.9 Å². The molecule has 4 rings (SSSR count). The number of nitrogens with zero attached hydrogens (tertiary/aromatic N) is 1. The molecule has 1 fully saturated rings. The summed E-state index contributed by atoms with van der Waals surface area (Å²) >= 11 is 0. The zero-order valence-corrected chi connectivity index (χ0v) is 23.7. The molecule has 3 aromatic rings. The molecule has 42 heavy (non-hydrogen) atoms. The SMILES string of the molecule is CN(Cc1ccc(-c2ccccc2S(N)(=O)=O)cc1)C(=O)C1CCCC1C(=O)NCc1ccc(OCC(F)(F)F)cc1. The average molecular weight is 604 g/mol. The Labute approximate surface area is 242 Å². The summed E-state index contributed by atoms with van der Waals surface area (Å²) in [6.07, 6.45) is -2.51. The number of rotatable bonds is 10. The van der Waals surface area contributed by atoms with Gasteiger partial charge in [0, 0.05) is 37.5 Å². The second-order valence-corrected chi connectivity index (χ2v) is 11.9. The lowest BCUT2D eigenvalue weighted by atomic mass is 9.93. The van der Waals surface area contributed by atoms with E-state index in [1.165, 1.54) is 18.2 Å². The number of carbonyl (C=O) groups excluding carboxylic acids is 2. The van der Waals surface area contributed by atoms with Crippen LogP contribution >= 0.6 is 0 Å². The van der Waals surface area contributed by atoms with Gasteiger partial charge in [-0.25, -0.2) is 13.6 Å². The van der Waals surface area contributed by atoms with Crippen LogP contribution in [0.1, 0.15) is 30.4 Å². The van der Waals surface area contributed by atoms with Crippen LogP contribution in [-0.2, 0) is 32.7 Å². The number of hydrogen-bond donors (Lipinski definition) is 2. The first kappa shape index (κ1) is 31.0. The number of amides is 2. The zero-order valence-electron chi connectivity index (χ0n) is 22.9. The number of ether oxygens (including phenoxy) is 1. The first-order valence-electron chi connectivity index (χ1n) is 13.3. The maximum atomic E-state index is 13.3. The fraction of sp³-hybridized carbons (Fsp3) is 0.333. The van der Waals surface area contributed by atoms with Gasteiger partial charge in [0.25, 0.3) is 0 Å².